The number of furan rings is 1. The van der Waals surface area contributed by atoms with Crippen LogP contribution in [0.1, 0.15) is 123 Å². The predicted molar refractivity (Wildman–Crippen MR) is 178 cm³/mol. The van der Waals surface area contributed by atoms with Gasteiger partial charge in [-0.3, -0.25) is 4.79 Å². The summed E-state index contributed by atoms with van der Waals surface area (Å²) in [5.41, 5.74) is 3.60. The summed E-state index contributed by atoms with van der Waals surface area (Å²) in [6, 6.07) is 13.4. The van der Waals surface area contributed by atoms with Crippen LogP contribution in [0.4, 0.5) is 0 Å². The molecule has 0 unspecified atom stereocenters. The molecule has 0 spiro atoms. The summed E-state index contributed by atoms with van der Waals surface area (Å²) in [7, 11) is 0. The number of aryl methyl sites for hydroxylation is 2. The second-order valence-electron chi connectivity index (χ2n) is 12.0. The number of carbonyl (C=O) groups is 4. The molecule has 0 bridgehead atoms. The first-order valence-corrected chi connectivity index (χ1v) is 16.8. The van der Waals surface area contributed by atoms with Crippen LogP contribution in [-0.2, 0) is 27.2 Å². The average Bonchev–Trinajstić information content (AvgIpc) is 3.40. The monoisotopic (exact) mass is 635 g/mol. The third-order valence-corrected chi connectivity index (χ3v) is 8.30. The second-order valence-corrected chi connectivity index (χ2v) is 12.0. The lowest BCUT2D eigenvalue weighted by atomic mass is 9.95. The molecule has 9 nitrogen and oxygen atoms in total. The Kier molecular flexibility index (Phi) is 15.0. The number of aliphatic carboxylic acids is 2. The highest BCUT2D eigenvalue weighted by molar-refractivity contribution is 6.27. The van der Waals surface area contributed by atoms with Crippen LogP contribution in [0.2, 0.25) is 0 Å². The molecule has 250 valence electrons. The average molecular weight is 636 g/mol. The van der Waals surface area contributed by atoms with E-state index in [4.69, 9.17) is 29.0 Å². The fraction of sp³-hybridized carbons (Fsp3) is 0.514. The van der Waals surface area contributed by atoms with E-state index in [9.17, 15) is 9.59 Å². The zero-order valence-electron chi connectivity index (χ0n) is 27.5. The Morgan fingerprint density at radius 3 is 1.91 bits per heavy atom. The van der Waals surface area contributed by atoms with E-state index < -0.39 is 11.9 Å². The van der Waals surface area contributed by atoms with E-state index in [-0.39, 0.29) is 17.9 Å². The summed E-state index contributed by atoms with van der Waals surface area (Å²) in [5.74, 6) is -3.32. The third-order valence-electron chi connectivity index (χ3n) is 8.30. The topological polar surface area (TPSA) is 134 Å². The van der Waals surface area contributed by atoms with Crippen LogP contribution in [0.5, 0.6) is 0 Å². The zero-order chi connectivity index (χ0) is 33.5. The van der Waals surface area contributed by atoms with Gasteiger partial charge in [0.05, 0.1) is 11.1 Å². The van der Waals surface area contributed by atoms with E-state index in [0.717, 1.165) is 51.5 Å². The highest BCUT2D eigenvalue weighted by Gasteiger charge is 2.25. The van der Waals surface area contributed by atoms with Crippen molar-refractivity contribution in [2.45, 2.75) is 104 Å². The maximum Gasteiger partial charge on any atom is 0.414 e. The van der Waals surface area contributed by atoms with Crippen LogP contribution in [0.3, 0.4) is 0 Å². The zero-order valence-corrected chi connectivity index (χ0v) is 27.5. The molecule has 0 radical (unpaired) electrons. The Hall–Kier alpha value is -3.98. The van der Waals surface area contributed by atoms with Crippen LogP contribution in [0.15, 0.2) is 46.9 Å². The minimum absolute atomic E-state index is 0.0167. The molecule has 3 aromatic rings. The Morgan fingerprint density at radius 2 is 1.37 bits per heavy atom. The van der Waals surface area contributed by atoms with Gasteiger partial charge in [-0.1, -0.05) is 64.3 Å². The molecule has 0 aliphatic heterocycles. The largest absolute Gasteiger partial charge is 0.473 e. The molecule has 0 amide bonds. The first kappa shape index (κ1) is 36.5. The van der Waals surface area contributed by atoms with Crippen LogP contribution in [0, 0.1) is 0 Å². The van der Waals surface area contributed by atoms with Gasteiger partial charge in [-0.15, -0.1) is 0 Å². The number of nitrogens with zero attached hydrogens (tertiary/aromatic N) is 1. The lowest BCUT2D eigenvalue weighted by Crippen LogP contribution is -2.27. The molecule has 1 heterocycles. The van der Waals surface area contributed by atoms with Gasteiger partial charge < -0.3 is 24.3 Å². The lowest BCUT2D eigenvalue weighted by Gasteiger charge is -2.25. The van der Waals surface area contributed by atoms with Gasteiger partial charge in [-0.25, -0.2) is 14.4 Å². The van der Waals surface area contributed by atoms with Crippen LogP contribution in [-0.4, -0.2) is 64.5 Å². The van der Waals surface area contributed by atoms with E-state index in [2.05, 4.69) is 37.8 Å². The number of carboxylic acid groups (broad SMARTS) is 2. The quantitative estimate of drug-likeness (QED) is 0.0869. The van der Waals surface area contributed by atoms with Gasteiger partial charge in [0.2, 0.25) is 0 Å². The van der Waals surface area contributed by atoms with E-state index in [1.807, 2.05) is 12.1 Å². The second kappa shape index (κ2) is 18.9. The van der Waals surface area contributed by atoms with Crippen molar-refractivity contribution in [1.29, 1.82) is 0 Å². The predicted octanol–water partition coefficient (Wildman–Crippen LogP) is 7.71. The smallest absolute Gasteiger partial charge is 0.414 e. The Balaban J connectivity index is 0.000000875. The third kappa shape index (κ3) is 10.8. The van der Waals surface area contributed by atoms with Crippen molar-refractivity contribution in [3.63, 3.8) is 0 Å². The van der Waals surface area contributed by atoms with Gasteiger partial charge >= 0.3 is 17.9 Å². The summed E-state index contributed by atoms with van der Waals surface area (Å²) < 4.78 is 11.8. The van der Waals surface area contributed by atoms with Gasteiger partial charge in [0.25, 0.3) is 0 Å². The number of carboxylic acids is 2. The van der Waals surface area contributed by atoms with Crippen molar-refractivity contribution >= 4 is 34.7 Å². The van der Waals surface area contributed by atoms with Gasteiger partial charge in [0.1, 0.15) is 17.4 Å². The molecule has 1 fully saturated rings. The number of carbonyl (C=O) groups excluding carboxylic acids is 2. The molecule has 0 saturated heterocycles. The Labute approximate surface area is 271 Å². The standard InChI is InChI=1S/C35H47NO4.C2H2O4/c1-4-7-15-32-33(30-25-28(20-21-31(30)40-32)35(38)39-29-13-10-14-29)34(37)27-18-16-26(17-19-27)12-11-24-36(22-8-5-2)23-9-6-3;3-1(4)2(5)6/h16-21,25,29H,4-15,22-24H2,1-3H3;(H,3,4)(H,5,6). The highest BCUT2D eigenvalue weighted by atomic mass is 16.5. The molecule has 1 aromatic heterocycles. The van der Waals surface area contributed by atoms with Gasteiger partial charge in [-0.05, 0) is 94.8 Å². The number of hydrogen-bond donors (Lipinski definition) is 2. The van der Waals surface area contributed by atoms with E-state index in [1.54, 1.807) is 18.2 Å². The van der Waals surface area contributed by atoms with Crippen LogP contribution in [0.25, 0.3) is 11.0 Å². The van der Waals surface area contributed by atoms with Crippen molar-refractivity contribution in [3.8, 4) is 0 Å². The highest BCUT2D eigenvalue weighted by Crippen LogP contribution is 2.31. The van der Waals surface area contributed by atoms with Crippen molar-refractivity contribution in [2.24, 2.45) is 0 Å². The maximum absolute atomic E-state index is 13.9. The molecular weight excluding hydrogens is 586 g/mol. The molecule has 1 aliphatic rings. The molecule has 46 heavy (non-hydrogen) atoms. The summed E-state index contributed by atoms with van der Waals surface area (Å²) in [6.07, 6.45) is 12.7. The fourth-order valence-electron chi connectivity index (χ4n) is 5.32. The normalized spacial score (nSPS) is 12.8. The molecule has 4 rings (SSSR count). The number of ketones is 1. The molecular formula is C37H49NO8. The number of unbranched alkanes of at least 4 members (excludes halogenated alkanes) is 3. The molecule has 1 aliphatic carbocycles. The number of rotatable bonds is 17. The first-order valence-electron chi connectivity index (χ1n) is 16.8. The number of esters is 1. The molecule has 2 aromatic carbocycles. The molecule has 9 heteroatoms. The molecule has 0 atom stereocenters. The Bertz CT molecular complexity index is 1420. The molecule has 1 saturated carbocycles. The minimum Gasteiger partial charge on any atom is -0.473 e. The number of fused-ring (bicyclic) bond motifs is 1. The van der Waals surface area contributed by atoms with E-state index in [1.165, 1.54) is 44.3 Å². The first-order chi connectivity index (χ1) is 22.2. The van der Waals surface area contributed by atoms with E-state index in [0.29, 0.717) is 39.8 Å². The maximum atomic E-state index is 13.9. The van der Waals surface area contributed by atoms with Crippen LogP contribution >= 0.6 is 0 Å². The lowest BCUT2D eigenvalue weighted by molar-refractivity contribution is -0.159. The fourth-order valence-corrected chi connectivity index (χ4v) is 5.32. The number of hydrogen-bond acceptors (Lipinski definition) is 7. The van der Waals surface area contributed by atoms with Crippen molar-refractivity contribution < 1.29 is 38.5 Å². The van der Waals surface area contributed by atoms with Gasteiger partial charge in [0.15, 0.2) is 5.78 Å². The SMILES string of the molecule is CCCCc1oc2ccc(C(=O)OC3CCC3)cc2c1C(=O)c1ccc(CCCN(CCCC)CCCC)cc1.O=C(O)C(=O)O. The summed E-state index contributed by atoms with van der Waals surface area (Å²) >= 11 is 0. The summed E-state index contributed by atoms with van der Waals surface area (Å²) in [4.78, 5) is 47.4. The van der Waals surface area contributed by atoms with E-state index >= 15 is 0 Å². The van der Waals surface area contributed by atoms with Gasteiger partial charge in [-0.2, -0.15) is 0 Å². The molecule has 2 N–H and O–H groups in total. The van der Waals surface area contributed by atoms with Crippen LogP contribution < -0.4 is 0 Å². The summed E-state index contributed by atoms with van der Waals surface area (Å²) in [6.45, 7) is 10.1. The number of ether oxygens (including phenoxy) is 1. The summed E-state index contributed by atoms with van der Waals surface area (Å²) in [5, 5.41) is 15.5. The minimum atomic E-state index is -1.82. The van der Waals surface area contributed by atoms with Crippen molar-refractivity contribution in [2.75, 3.05) is 19.6 Å². The van der Waals surface area contributed by atoms with Gasteiger partial charge in [0, 0.05) is 17.4 Å². The van der Waals surface area contributed by atoms with Crippen molar-refractivity contribution in [1.82, 2.24) is 4.90 Å². The number of benzene rings is 2. The Morgan fingerprint density at radius 1 is 0.783 bits per heavy atom. The van der Waals surface area contributed by atoms with Crippen molar-refractivity contribution in [3.05, 3.63) is 70.5 Å².